The molecule has 0 radical (unpaired) electrons. The summed E-state index contributed by atoms with van der Waals surface area (Å²) in [4.78, 5) is 52.4. The van der Waals surface area contributed by atoms with Crippen molar-refractivity contribution < 1.29 is 34.2 Å². The normalized spacial score (nSPS) is 34.8. The van der Waals surface area contributed by atoms with E-state index in [4.69, 9.17) is 4.74 Å². The lowest BCUT2D eigenvalue weighted by Gasteiger charge is -2.53. The minimum Gasteiger partial charge on any atom is -0.491 e. The number of rotatable bonds is 4. The van der Waals surface area contributed by atoms with Crippen LogP contribution in [-0.4, -0.2) is 52.0 Å². The zero-order valence-electron chi connectivity index (χ0n) is 19.1. The third-order valence-corrected chi connectivity index (χ3v) is 8.20. The molecule has 5 rings (SSSR count). The van der Waals surface area contributed by atoms with E-state index in [0.29, 0.717) is 16.9 Å². The Morgan fingerprint density at radius 2 is 1.85 bits per heavy atom. The molecule has 4 aliphatic rings. The number of carbonyl (C=O) groups excluding carboxylic acids is 4. The monoisotopic (exact) mass is 465 g/mol. The van der Waals surface area contributed by atoms with Gasteiger partial charge in [-0.2, -0.15) is 5.06 Å². The maximum Gasteiger partial charge on any atom is 0.257 e. The van der Waals surface area contributed by atoms with Crippen LogP contribution in [0.1, 0.15) is 38.2 Å². The Hall–Kier alpha value is -3.10. The Morgan fingerprint density at radius 1 is 1.12 bits per heavy atom. The highest BCUT2D eigenvalue weighted by atomic mass is 16.5. The van der Waals surface area contributed by atoms with Crippen LogP contribution < -0.4 is 4.74 Å². The summed E-state index contributed by atoms with van der Waals surface area (Å²) in [6, 6.07) is 7.23. The molecular formula is C26H27NO7. The molecule has 1 heterocycles. The number of amides is 2. The molecule has 2 amide bonds. The number of allylic oxidation sites excluding steroid dienone is 4. The first-order valence-electron chi connectivity index (χ1n) is 11.6. The summed E-state index contributed by atoms with van der Waals surface area (Å²) in [5.74, 6) is -4.24. The van der Waals surface area contributed by atoms with Crippen LogP contribution >= 0.6 is 0 Å². The van der Waals surface area contributed by atoms with E-state index in [1.807, 2.05) is 25.1 Å². The Bertz CT molecular complexity index is 1170. The molecule has 6 atom stereocenters. The Labute approximate surface area is 196 Å². The molecule has 178 valence electrons. The second-order valence-corrected chi connectivity index (χ2v) is 9.84. The maximum absolute atomic E-state index is 13.7. The number of hydrogen-bond donors (Lipinski definition) is 2. The van der Waals surface area contributed by atoms with E-state index in [1.54, 1.807) is 19.1 Å². The number of nitrogens with zero attached hydrogens (tertiary/aromatic N) is 1. The van der Waals surface area contributed by atoms with E-state index in [9.17, 15) is 29.5 Å². The molecule has 1 saturated carbocycles. The van der Waals surface area contributed by atoms with Crippen LogP contribution in [0.2, 0.25) is 0 Å². The largest absolute Gasteiger partial charge is 0.491 e. The quantitative estimate of drug-likeness (QED) is 0.397. The minimum absolute atomic E-state index is 0.0648. The van der Waals surface area contributed by atoms with Crippen LogP contribution in [-0.2, 0) is 19.2 Å². The van der Waals surface area contributed by atoms with Gasteiger partial charge in [-0.05, 0) is 43.4 Å². The van der Waals surface area contributed by atoms with Gasteiger partial charge in [0, 0.05) is 17.4 Å². The highest BCUT2D eigenvalue weighted by Gasteiger charge is 2.63. The number of Topliss-reactive ketones (excluding diaryl/α,β-unsaturated/α-hetero) is 1. The number of ketones is 2. The molecule has 1 aromatic rings. The second-order valence-electron chi connectivity index (χ2n) is 9.84. The van der Waals surface area contributed by atoms with Crippen molar-refractivity contribution in [2.24, 2.45) is 29.1 Å². The first kappa shape index (κ1) is 22.7. The fourth-order valence-electron chi connectivity index (χ4n) is 6.73. The van der Waals surface area contributed by atoms with Gasteiger partial charge in [0.15, 0.2) is 11.6 Å². The third kappa shape index (κ3) is 2.98. The van der Waals surface area contributed by atoms with Crippen molar-refractivity contribution in [3.8, 4) is 5.75 Å². The molecule has 0 unspecified atom stereocenters. The summed E-state index contributed by atoms with van der Waals surface area (Å²) < 4.78 is 5.82. The van der Waals surface area contributed by atoms with E-state index in [0.717, 1.165) is 5.57 Å². The Balaban J connectivity index is 1.72. The number of benzene rings is 1. The number of aliphatic hydroxyl groups is 1. The fourth-order valence-corrected chi connectivity index (χ4v) is 6.73. The predicted molar refractivity (Wildman–Crippen MR) is 119 cm³/mol. The van der Waals surface area contributed by atoms with Crippen molar-refractivity contribution >= 4 is 23.4 Å². The van der Waals surface area contributed by atoms with E-state index in [1.165, 1.54) is 6.08 Å². The molecule has 34 heavy (non-hydrogen) atoms. The van der Waals surface area contributed by atoms with Crippen LogP contribution in [0.15, 0.2) is 47.6 Å². The number of hydroxylamine groups is 2. The molecule has 1 saturated heterocycles. The standard InChI is InChI=1S/C26H27NO7/c1-13-11-19(29)18-12-17-14(7-8-16-21(17)25(32)27(33)24(16)31)22(26(18,2)23(13)30)15-5-3-4-6-20(15)34-10-9-28/h3-7,11,16-18,21-22,28,33H,8-10,12H2,1-2H3/t16-,17+,18-,21-,22+,26+/m0/s1. The summed E-state index contributed by atoms with van der Waals surface area (Å²) >= 11 is 0. The highest BCUT2D eigenvalue weighted by molar-refractivity contribution is 6.13. The van der Waals surface area contributed by atoms with Crippen LogP contribution in [0, 0.1) is 29.1 Å². The average Bonchev–Trinajstić information content (AvgIpc) is 3.05. The van der Waals surface area contributed by atoms with Crippen molar-refractivity contribution in [2.75, 3.05) is 13.2 Å². The van der Waals surface area contributed by atoms with Gasteiger partial charge < -0.3 is 9.84 Å². The second kappa shape index (κ2) is 7.99. The highest BCUT2D eigenvalue weighted by Crippen LogP contribution is 2.63. The topological polar surface area (TPSA) is 121 Å². The molecule has 2 N–H and O–H groups in total. The molecule has 0 bridgehead atoms. The first-order valence-corrected chi connectivity index (χ1v) is 11.6. The van der Waals surface area contributed by atoms with Crippen LogP contribution in [0.3, 0.4) is 0 Å². The Morgan fingerprint density at radius 3 is 2.59 bits per heavy atom. The summed E-state index contributed by atoms with van der Waals surface area (Å²) in [5.41, 5.74) is 0.816. The van der Waals surface area contributed by atoms with E-state index >= 15 is 0 Å². The molecule has 3 aliphatic carbocycles. The van der Waals surface area contributed by atoms with Crippen molar-refractivity contribution in [1.82, 2.24) is 5.06 Å². The average molecular weight is 466 g/mol. The number of carbonyl (C=O) groups is 4. The van der Waals surface area contributed by atoms with Gasteiger partial charge in [-0.15, -0.1) is 0 Å². The lowest BCUT2D eigenvalue weighted by Crippen LogP contribution is -2.54. The fraction of sp³-hybridized carbons (Fsp3) is 0.462. The van der Waals surface area contributed by atoms with Gasteiger partial charge in [-0.3, -0.25) is 24.4 Å². The number of para-hydroxylation sites is 1. The zero-order chi connectivity index (χ0) is 24.4. The molecule has 1 aromatic carbocycles. The molecule has 8 nitrogen and oxygen atoms in total. The molecule has 2 fully saturated rings. The molecule has 8 heteroatoms. The lowest BCUT2D eigenvalue weighted by atomic mass is 9.47. The molecule has 0 spiro atoms. The van der Waals surface area contributed by atoms with Gasteiger partial charge in [0.2, 0.25) is 0 Å². The molecular weight excluding hydrogens is 438 g/mol. The third-order valence-electron chi connectivity index (χ3n) is 8.20. The molecule has 0 aromatic heterocycles. The Kier molecular flexibility index (Phi) is 5.33. The number of aliphatic hydroxyl groups excluding tert-OH is 1. The number of imide groups is 1. The summed E-state index contributed by atoms with van der Waals surface area (Å²) in [5, 5.41) is 19.6. The van der Waals surface area contributed by atoms with Crippen molar-refractivity contribution in [3.63, 3.8) is 0 Å². The van der Waals surface area contributed by atoms with E-state index in [2.05, 4.69) is 0 Å². The van der Waals surface area contributed by atoms with Crippen molar-refractivity contribution in [3.05, 3.63) is 53.1 Å². The van der Waals surface area contributed by atoms with Crippen molar-refractivity contribution in [2.45, 2.75) is 32.6 Å². The van der Waals surface area contributed by atoms with Gasteiger partial charge in [-0.25, -0.2) is 0 Å². The van der Waals surface area contributed by atoms with Crippen LogP contribution in [0.4, 0.5) is 0 Å². The van der Waals surface area contributed by atoms with Gasteiger partial charge in [0.1, 0.15) is 12.4 Å². The maximum atomic E-state index is 13.7. The smallest absolute Gasteiger partial charge is 0.257 e. The summed E-state index contributed by atoms with van der Waals surface area (Å²) in [6.07, 6.45) is 3.82. The SMILES string of the molecule is CC1=CC(=O)[C@@H]2C[C@@H]3C(=CC[C@@H]4C(=O)N(O)C(=O)[C@@H]43)[C@H](c3ccccc3OCCO)[C@]2(C)C1=O. The van der Waals surface area contributed by atoms with Gasteiger partial charge in [0.25, 0.3) is 11.8 Å². The zero-order valence-corrected chi connectivity index (χ0v) is 19.1. The number of ether oxygens (including phenoxy) is 1. The summed E-state index contributed by atoms with van der Waals surface area (Å²) in [6.45, 7) is 3.34. The van der Waals surface area contributed by atoms with Crippen LogP contribution in [0.5, 0.6) is 5.75 Å². The van der Waals surface area contributed by atoms with Gasteiger partial charge in [-0.1, -0.05) is 36.8 Å². The first-order chi connectivity index (χ1) is 16.2. The van der Waals surface area contributed by atoms with Crippen LogP contribution in [0.25, 0.3) is 0 Å². The number of fused-ring (bicyclic) bond motifs is 4. The number of hydrogen-bond acceptors (Lipinski definition) is 7. The summed E-state index contributed by atoms with van der Waals surface area (Å²) in [7, 11) is 0. The van der Waals surface area contributed by atoms with E-state index < -0.39 is 46.8 Å². The predicted octanol–water partition coefficient (Wildman–Crippen LogP) is 2.20. The van der Waals surface area contributed by atoms with Crippen molar-refractivity contribution in [1.29, 1.82) is 0 Å². The van der Waals surface area contributed by atoms with Gasteiger partial charge >= 0.3 is 0 Å². The minimum atomic E-state index is -1.10. The van der Waals surface area contributed by atoms with Gasteiger partial charge in [0.05, 0.1) is 23.9 Å². The lowest BCUT2D eigenvalue weighted by molar-refractivity contribution is -0.173. The molecule has 1 aliphatic heterocycles. The van der Waals surface area contributed by atoms with E-state index in [-0.39, 0.29) is 42.7 Å².